The van der Waals surface area contributed by atoms with Crippen molar-refractivity contribution in [3.05, 3.63) is 55.9 Å². The number of benzene rings is 1. The van der Waals surface area contributed by atoms with Gasteiger partial charge in [-0.3, -0.25) is 14.9 Å². The average Bonchev–Trinajstić information content (AvgIpc) is 2.92. The van der Waals surface area contributed by atoms with Crippen molar-refractivity contribution in [3.63, 3.8) is 0 Å². The monoisotopic (exact) mass is 343 g/mol. The number of thiophene rings is 1. The first kappa shape index (κ1) is 15.1. The second-order valence-electron chi connectivity index (χ2n) is 6.42. The third-order valence-corrected chi connectivity index (χ3v) is 5.92. The Labute approximate surface area is 143 Å². The van der Waals surface area contributed by atoms with Crippen LogP contribution in [0.15, 0.2) is 24.3 Å². The summed E-state index contributed by atoms with van der Waals surface area (Å²) in [5.74, 6) is 0.491. The van der Waals surface area contributed by atoms with Gasteiger partial charge in [-0.15, -0.1) is 11.3 Å². The number of hydrogen-bond acceptors (Lipinski definition) is 5. The van der Waals surface area contributed by atoms with Crippen molar-refractivity contribution in [2.75, 3.05) is 5.32 Å². The molecule has 1 aliphatic carbocycles. The first-order valence-corrected chi connectivity index (χ1v) is 8.81. The molecule has 0 saturated carbocycles. The number of nitrogens with one attached hydrogen (secondary N) is 2. The van der Waals surface area contributed by atoms with E-state index in [2.05, 4.69) is 17.6 Å². The fraction of sp³-hybridized carbons (Fsp3) is 0.353. The second-order valence-corrected chi connectivity index (χ2v) is 7.53. The molecule has 0 unspecified atom stereocenters. The predicted molar refractivity (Wildman–Crippen MR) is 92.4 cm³/mol. The van der Waals surface area contributed by atoms with Crippen LogP contribution in [0.25, 0.3) is 0 Å². The highest BCUT2D eigenvalue weighted by molar-refractivity contribution is 7.16. The largest absolute Gasteiger partial charge is 0.352 e. The van der Waals surface area contributed by atoms with Crippen LogP contribution < -0.4 is 10.6 Å². The van der Waals surface area contributed by atoms with Crippen molar-refractivity contribution < 1.29 is 9.72 Å². The van der Waals surface area contributed by atoms with Crippen LogP contribution in [-0.2, 0) is 12.8 Å². The molecule has 7 heteroatoms. The molecule has 24 heavy (non-hydrogen) atoms. The average molecular weight is 343 g/mol. The van der Waals surface area contributed by atoms with Crippen LogP contribution in [0, 0.1) is 16.0 Å². The highest BCUT2D eigenvalue weighted by atomic mass is 32.1. The van der Waals surface area contributed by atoms with Crippen LogP contribution in [0.2, 0.25) is 0 Å². The molecule has 0 spiro atoms. The van der Waals surface area contributed by atoms with E-state index in [4.69, 9.17) is 0 Å². The third-order valence-electron chi connectivity index (χ3n) is 4.73. The molecule has 2 aliphatic rings. The number of para-hydroxylation sites is 1. The summed E-state index contributed by atoms with van der Waals surface area (Å²) in [6.07, 6.45) is 2.44. The Morgan fingerprint density at radius 2 is 2.08 bits per heavy atom. The van der Waals surface area contributed by atoms with Gasteiger partial charge in [0.15, 0.2) is 0 Å². The van der Waals surface area contributed by atoms with E-state index >= 15 is 0 Å². The molecule has 2 N–H and O–H groups in total. The van der Waals surface area contributed by atoms with Crippen LogP contribution >= 0.6 is 11.3 Å². The van der Waals surface area contributed by atoms with Gasteiger partial charge in [0.05, 0.1) is 16.1 Å². The van der Waals surface area contributed by atoms with Gasteiger partial charge in [-0.25, -0.2) is 0 Å². The minimum atomic E-state index is -0.580. The van der Waals surface area contributed by atoms with E-state index in [1.807, 2.05) is 0 Å². The normalized spacial score (nSPS) is 22.1. The minimum absolute atomic E-state index is 0.00805. The maximum Gasteiger partial charge on any atom is 0.276 e. The molecule has 2 heterocycles. The van der Waals surface area contributed by atoms with Crippen LogP contribution in [0.3, 0.4) is 0 Å². The molecule has 0 saturated heterocycles. The van der Waals surface area contributed by atoms with Crippen molar-refractivity contribution in [2.24, 2.45) is 5.92 Å². The van der Waals surface area contributed by atoms with E-state index in [1.165, 1.54) is 10.9 Å². The van der Waals surface area contributed by atoms with Crippen molar-refractivity contribution in [3.8, 4) is 0 Å². The van der Waals surface area contributed by atoms with Crippen molar-refractivity contribution >= 4 is 27.9 Å². The molecular formula is C17H17N3O3S. The molecule has 2 atom stereocenters. The maximum atomic E-state index is 12.7. The molecule has 1 amide bonds. The number of hydrogen-bond donors (Lipinski definition) is 2. The predicted octanol–water partition coefficient (Wildman–Crippen LogP) is 3.64. The van der Waals surface area contributed by atoms with Gasteiger partial charge >= 0.3 is 0 Å². The Morgan fingerprint density at radius 1 is 1.29 bits per heavy atom. The van der Waals surface area contributed by atoms with Gasteiger partial charge in [-0.05, 0) is 36.8 Å². The summed E-state index contributed by atoms with van der Waals surface area (Å²) in [5.41, 5.74) is 2.37. The lowest BCUT2D eigenvalue weighted by atomic mass is 9.88. The molecule has 1 aromatic heterocycles. The van der Waals surface area contributed by atoms with E-state index in [9.17, 15) is 14.9 Å². The number of nitrogens with zero attached hydrogens (tertiary/aromatic N) is 1. The van der Waals surface area contributed by atoms with E-state index in [0.717, 1.165) is 35.4 Å². The second kappa shape index (κ2) is 5.59. The third kappa shape index (κ3) is 2.36. The topological polar surface area (TPSA) is 84.3 Å². The van der Waals surface area contributed by atoms with Crippen LogP contribution in [0.4, 0.5) is 10.7 Å². The van der Waals surface area contributed by atoms with Gasteiger partial charge < -0.3 is 10.6 Å². The zero-order valence-electron chi connectivity index (χ0n) is 13.2. The van der Waals surface area contributed by atoms with Gasteiger partial charge in [-0.2, -0.15) is 0 Å². The highest BCUT2D eigenvalue weighted by Crippen LogP contribution is 2.43. The molecular weight excluding hydrogens is 326 g/mol. The minimum Gasteiger partial charge on any atom is -0.352 e. The molecule has 0 bridgehead atoms. The number of nitro benzene ring substituents is 1. The number of anilines is 1. The van der Waals surface area contributed by atoms with Crippen LogP contribution in [0.1, 0.15) is 45.9 Å². The van der Waals surface area contributed by atoms with Gasteiger partial charge in [0.1, 0.15) is 11.2 Å². The smallest absolute Gasteiger partial charge is 0.276 e. The molecule has 1 aromatic carbocycles. The van der Waals surface area contributed by atoms with Crippen molar-refractivity contribution in [2.45, 2.75) is 32.4 Å². The summed E-state index contributed by atoms with van der Waals surface area (Å²) in [6, 6.07) is 6.51. The summed E-state index contributed by atoms with van der Waals surface area (Å²) in [6.45, 7) is 2.23. The number of nitro groups is 1. The van der Waals surface area contributed by atoms with Crippen molar-refractivity contribution in [1.29, 1.82) is 0 Å². The van der Waals surface area contributed by atoms with E-state index < -0.39 is 11.1 Å². The zero-order chi connectivity index (χ0) is 16.8. The number of fused-ring (bicyclic) bond motifs is 3. The van der Waals surface area contributed by atoms with Gasteiger partial charge in [0.2, 0.25) is 0 Å². The first-order valence-electron chi connectivity index (χ1n) is 8.00. The number of amides is 1. The maximum absolute atomic E-state index is 12.7. The summed E-state index contributed by atoms with van der Waals surface area (Å²) in [5, 5.41) is 18.3. The Hall–Kier alpha value is -2.41. The van der Waals surface area contributed by atoms with E-state index in [0.29, 0.717) is 11.5 Å². The molecule has 2 aromatic rings. The lowest BCUT2D eigenvalue weighted by Gasteiger charge is -2.26. The van der Waals surface area contributed by atoms with Gasteiger partial charge in [-0.1, -0.05) is 19.1 Å². The summed E-state index contributed by atoms with van der Waals surface area (Å²) >= 11 is 1.62. The van der Waals surface area contributed by atoms with E-state index in [-0.39, 0.29) is 11.6 Å². The molecule has 0 radical (unpaired) electrons. The Bertz CT molecular complexity index is 846. The number of rotatable bonds is 2. The lowest BCUT2D eigenvalue weighted by Crippen LogP contribution is -2.38. The number of carbonyl (C=O) groups is 1. The lowest BCUT2D eigenvalue weighted by molar-refractivity contribution is -0.385. The standard InChI is InChI=1S/C17H17N3O3S/c1-9-6-7-11-13(8-9)24-17-14(11)16(21)18-15(19-17)10-4-2-3-5-12(10)20(22)23/h2-5,9,15,19H,6-8H2,1H3,(H,18,21)/t9-,15+/m1/s1. The number of carbonyl (C=O) groups excluding carboxylic acids is 1. The SMILES string of the molecule is C[C@@H]1CCc2c(sc3c2C(=O)N[C@H](c2ccccc2[N+](=O)[O-])N3)C1. The summed E-state index contributed by atoms with van der Waals surface area (Å²) < 4.78 is 0. The fourth-order valence-corrected chi connectivity index (χ4v) is 4.95. The van der Waals surface area contributed by atoms with Gasteiger partial charge in [0, 0.05) is 10.9 Å². The molecule has 4 rings (SSSR count). The molecule has 0 fully saturated rings. The Kier molecular flexibility index (Phi) is 3.53. The Balaban J connectivity index is 1.73. The molecule has 124 valence electrons. The summed E-state index contributed by atoms with van der Waals surface area (Å²) in [7, 11) is 0. The molecule has 6 nitrogen and oxygen atoms in total. The van der Waals surface area contributed by atoms with Crippen LogP contribution in [-0.4, -0.2) is 10.8 Å². The molecule has 1 aliphatic heterocycles. The van der Waals surface area contributed by atoms with Crippen molar-refractivity contribution in [1.82, 2.24) is 5.32 Å². The first-order chi connectivity index (χ1) is 11.5. The van der Waals surface area contributed by atoms with Gasteiger partial charge in [0.25, 0.3) is 11.6 Å². The quantitative estimate of drug-likeness (QED) is 0.644. The summed E-state index contributed by atoms with van der Waals surface area (Å²) in [4.78, 5) is 24.8. The Morgan fingerprint density at radius 3 is 2.88 bits per heavy atom. The highest BCUT2D eigenvalue weighted by Gasteiger charge is 2.34. The zero-order valence-corrected chi connectivity index (χ0v) is 14.0. The van der Waals surface area contributed by atoms with E-state index in [1.54, 1.807) is 29.5 Å². The van der Waals surface area contributed by atoms with Crippen LogP contribution in [0.5, 0.6) is 0 Å². The fourth-order valence-electron chi connectivity index (χ4n) is 3.52.